The van der Waals surface area contributed by atoms with Gasteiger partial charge in [-0.1, -0.05) is 6.07 Å². The second kappa shape index (κ2) is 5.92. The zero-order valence-electron chi connectivity index (χ0n) is 11.6. The van der Waals surface area contributed by atoms with Gasteiger partial charge >= 0.3 is 0 Å². The summed E-state index contributed by atoms with van der Waals surface area (Å²) in [7, 11) is 3.83. The highest BCUT2D eigenvalue weighted by molar-refractivity contribution is 5.67. The van der Waals surface area contributed by atoms with E-state index in [2.05, 4.69) is 38.8 Å². The molecular formula is C14H24N2O. The maximum atomic E-state index is 5.57. The molecule has 1 aromatic carbocycles. The van der Waals surface area contributed by atoms with Gasteiger partial charge in [-0.3, -0.25) is 0 Å². The molecule has 17 heavy (non-hydrogen) atoms. The van der Waals surface area contributed by atoms with Crippen molar-refractivity contribution in [3.63, 3.8) is 0 Å². The Bertz CT molecular complexity index is 388. The molecular weight excluding hydrogens is 212 g/mol. The first-order chi connectivity index (χ1) is 8.02. The Balaban J connectivity index is 3.17. The lowest BCUT2D eigenvalue weighted by Gasteiger charge is -2.25. The van der Waals surface area contributed by atoms with E-state index in [1.807, 2.05) is 0 Å². The van der Waals surface area contributed by atoms with Crippen molar-refractivity contribution >= 4 is 5.69 Å². The maximum absolute atomic E-state index is 5.57. The van der Waals surface area contributed by atoms with Crippen LogP contribution in [-0.4, -0.2) is 27.2 Å². The van der Waals surface area contributed by atoms with Crippen LogP contribution in [0.1, 0.15) is 23.1 Å². The van der Waals surface area contributed by atoms with Crippen LogP contribution in [0, 0.1) is 20.8 Å². The van der Waals surface area contributed by atoms with Gasteiger partial charge in [0.15, 0.2) is 0 Å². The first-order valence-electron chi connectivity index (χ1n) is 6.09. The number of nitrogens with zero attached hydrogens (tertiary/aromatic N) is 1. The van der Waals surface area contributed by atoms with Crippen LogP contribution in [0.15, 0.2) is 6.07 Å². The number of hydrogen-bond acceptors (Lipinski definition) is 3. The van der Waals surface area contributed by atoms with E-state index in [4.69, 9.17) is 10.5 Å². The summed E-state index contributed by atoms with van der Waals surface area (Å²) in [6, 6.07) is 2.21. The maximum Gasteiger partial charge on any atom is 0.145 e. The summed E-state index contributed by atoms with van der Waals surface area (Å²) in [6.07, 6.45) is 0.992. The Morgan fingerprint density at radius 2 is 1.88 bits per heavy atom. The molecule has 3 heteroatoms. The molecule has 0 aliphatic heterocycles. The lowest BCUT2D eigenvalue weighted by atomic mass is 10.0. The molecule has 0 atom stereocenters. The van der Waals surface area contributed by atoms with Crippen molar-refractivity contribution in [2.75, 3.05) is 32.1 Å². The van der Waals surface area contributed by atoms with Crippen LogP contribution < -0.4 is 15.4 Å². The molecule has 0 bridgehead atoms. The van der Waals surface area contributed by atoms with Gasteiger partial charge in [0.2, 0.25) is 0 Å². The lowest BCUT2D eigenvalue weighted by molar-refractivity contribution is 0.411. The fraction of sp³-hybridized carbons (Fsp3) is 0.571. The van der Waals surface area contributed by atoms with Crippen molar-refractivity contribution in [3.05, 3.63) is 22.8 Å². The predicted octanol–water partition coefficient (Wildman–Crippen LogP) is 2.41. The molecule has 0 aromatic heterocycles. The average molecular weight is 236 g/mol. The van der Waals surface area contributed by atoms with Gasteiger partial charge in [-0.2, -0.15) is 0 Å². The van der Waals surface area contributed by atoms with E-state index >= 15 is 0 Å². The second-order valence-corrected chi connectivity index (χ2v) is 4.58. The van der Waals surface area contributed by atoms with E-state index in [9.17, 15) is 0 Å². The van der Waals surface area contributed by atoms with E-state index in [0.717, 1.165) is 25.3 Å². The number of anilines is 1. The minimum absolute atomic E-state index is 0.719. The Kier molecular flexibility index (Phi) is 4.82. The summed E-state index contributed by atoms with van der Waals surface area (Å²) in [6.45, 7) is 8.03. The fourth-order valence-electron chi connectivity index (χ4n) is 2.20. The molecule has 0 radical (unpaired) electrons. The number of methoxy groups -OCH3 is 1. The minimum atomic E-state index is 0.719. The van der Waals surface area contributed by atoms with E-state index in [1.54, 1.807) is 7.11 Å². The highest BCUT2D eigenvalue weighted by Crippen LogP contribution is 2.36. The molecule has 0 heterocycles. The first-order valence-corrected chi connectivity index (χ1v) is 6.09. The molecule has 3 nitrogen and oxygen atoms in total. The van der Waals surface area contributed by atoms with E-state index in [0.29, 0.717) is 0 Å². The number of benzene rings is 1. The van der Waals surface area contributed by atoms with Crippen LogP contribution in [-0.2, 0) is 0 Å². The smallest absolute Gasteiger partial charge is 0.145 e. The SMILES string of the molecule is COc1c(C)c(C)cc(C)c1N(C)CCCN. The van der Waals surface area contributed by atoms with E-state index in [-0.39, 0.29) is 0 Å². The van der Waals surface area contributed by atoms with Gasteiger partial charge in [-0.25, -0.2) is 0 Å². The molecule has 0 aliphatic carbocycles. The second-order valence-electron chi connectivity index (χ2n) is 4.58. The van der Waals surface area contributed by atoms with E-state index in [1.165, 1.54) is 22.4 Å². The number of aryl methyl sites for hydroxylation is 2. The van der Waals surface area contributed by atoms with Gasteiger partial charge in [-0.05, 0) is 50.4 Å². The van der Waals surface area contributed by atoms with Crippen molar-refractivity contribution < 1.29 is 4.74 Å². The van der Waals surface area contributed by atoms with Gasteiger partial charge in [0.1, 0.15) is 5.75 Å². The average Bonchev–Trinajstić information content (AvgIpc) is 2.30. The van der Waals surface area contributed by atoms with Crippen LogP contribution in [0.3, 0.4) is 0 Å². The highest BCUT2D eigenvalue weighted by atomic mass is 16.5. The summed E-state index contributed by atoms with van der Waals surface area (Å²) in [5.41, 5.74) is 10.5. The number of hydrogen-bond donors (Lipinski definition) is 1. The van der Waals surface area contributed by atoms with Gasteiger partial charge in [0.05, 0.1) is 12.8 Å². The summed E-state index contributed by atoms with van der Waals surface area (Å²) in [4.78, 5) is 2.23. The minimum Gasteiger partial charge on any atom is -0.494 e. The fourth-order valence-corrected chi connectivity index (χ4v) is 2.20. The predicted molar refractivity (Wildman–Crippen MR) is 74.1 cm³/mol. The first kappa shape index (κ1) is 13.8. The topological polar surface area (TPSA) is 38.5 Å². The third-order valence-corrected chi connectivity index (χ3v) is 3.24. The van der Waals surface area contributed by atoms with Crippen LogP contribution in [0.4, 0.5) is 5.69 Å². The Morgan fingerprint density at radius 3 is 2.41 bits per heavy atom. The summed E-state index contributed by atoms with van der Waals surface area (Å²) in [5, 5.41) is 0. The Morgan fingerprint density at radius 1 is 1.24 bits per heavy atom. The Labute approximate surface area is 105 Å². The quantitative estimate of drug-likeness (QED) is 0.853. The van der Waals surface area contributed by atoms with Crippen molar-refractivity contribution in [2.24, 2.45) is 5.73 Å². The van der Waals surface area contributed by atoms with Gasteiger partial charge in [-0.15, -0.1) is 0 Å². The summed E-state index contributed by atoms with van der Waals surface area (Å²) < 4.78 is 5.57. The normalized spacial score (nSPS) is 10.5. The molecule has 0 spiro atoms. The molecule has 96 valence electrons. The highest BCUT2D eigenvalue weighted by Gasteiger charge is 2.15. The molecule has 0 saturated heterocycles. The van der Waals surface area contributed by atoms with Gasteiger partial charge < -0.3 is 15.4 Å². The summed E-state index contributed by atoms with van der Waals surface area (Å²) in [5.74, 6) is 0.988. The lowest BCUT2D eigenvalue weighted by Crippen LogP contribution is -2.22. The van der Waals surface area contributed by atoms with Crippen molar-refractivity contribution in [3.8, 4) is 5.75 Å². The summed E-state index contributed by atoms with van der Waals surface area (Å²) >= 11 is 0. The molecule has 0 amide bonds. The molecule has 1 aromatic rings. The van der Waals surface area contributed by atoms with Crippen molar-refractivity contribution in [2.45, 2.75) is 27.2 Å². The van der Waals surface area contributed by atoms with Gasteiger partial charge in [0.25, 0.3) is 0 Å². The van der Waals surface area contributed by atoms with Crippen molar-refractivity contribution in [1.82, 2.24) is 0 Å². The van der Waals surface area contributed by atoms with Crippen LogP contribution >= 0.6 is 0 Å². The van der Waals surface area contributed by atoms with Gasteiger partial charge in [0, 0.05) is 13.6 Å². The van der Waals surface area contributed by atoms with Crippen molar-refractivity contribution in [1.29, 1.82) is 0 Å². The molecule has 1 rings (SSSR count). The van der Waals surface area contributed by atoms with E-state index < -0.39 is 0 Å². The molecule has 0 aliphatic rings. The van der Waals surface area contributed by atoms with Crippen LogP contribution in [0.25, 0.3) is 0 Å². The number of ether oxygens (including phenoxy) is 1. The third kappa shape index (κ3) is 2.91. The monoisotopic (exact) mass is 236 g/mol. The third-order valence-electron chi connectivity index (χ3n) is 3.24. The standard InChI is InChI=1S/C14H24N2O/c1-10-9-11(2)13(14(17-5)12(10)3)16(4)8-6-7-15/h9H,6-8,15H2,1-5H3. The zero-order valence-corrected chi connectivity index (χ0v) is 11.6. The molecule has 0 saturated carbocycles. The molecule has 0 unspecified atom stereocenters. The number of nitrogens with two attached hydrogens (primary N) is 1. The molecule has 0 fully saturated rings. The number of rotatable bonds is 5. The van der Waals surface area contributed by atoms with Crippen LogP contribution in [0.2, 0.25) is 0 Å². The van der Waals surface area contributed by atoms with Crippen LogP contribution in [0.5, 0.6) is 5.75 Å². The molecule has 2 N–H and O–H groups in total. The zero-order chi connectivity index (χ0) is 13.0. The Hall–Kier alpha value is -1.22. The largest absolute Gasteiger partial charge is 0.494 e.